The van der Waals surface area contributed by atoms with E-state index in [-0.39, 0.29) is 5.91 Å². The summed E-state index contributed by atoms with van der Waals surface area (Å²) in [4.78, 5) is 11.8. The zero-order valence-corrected chi connectivity index (χ0v) is 14.2. The first-order chi connectivity index (χ1) is 10.9. The lowest BCUT2D eigenvalue weighted by Crippen LogP contribution is -2.42. The summed E-state index contributed by atoms with van der Waals surface area (Å²) in [5.41, 5.74) is 0.162. The van der Waals surface area contributed by atoms with Crippen LogP contribution in [0.5, 0.6) is 0 Å². The lowest BCUT2D eigenvalue weighted by molar-refractivity contribution is -0.121. The lowest BCUT2D eigenvalue weighted by atomic mass is 10.1. The monoisotopic (exact) mass is 329 g/mol. The van der Waals surface area contributed by atoms with Crippen molar-refractivity contribution >= 4 is 17.7 Å². The van der Waals surface area contributed by atoms with Gasteiger partial charge in [-0.1, -0.05) is 42.1 Å². The van der Waals surface area contributed by atoms with Crippen LogP contribution in [0.3, 0.4) is 0 Å². The Bertz CT molecular complexity index is 718. The average Bonchev–Trinajstić information content (AvgIpc) is 2.89. The zero-order chi connectivity index (χ0) is 16.9. The van der Waals surface area contributed by atoms with Gasteiger partial charge in [0.25, 0.3) is 0 Å². The molecule has 1 aromatic heterocycles. The van der Waals surface area contributed by atoms with E-state index in [0.717, 1.165) is 16.5 Å². The third kappa shape index (κ3) is 4.57. The van der Waals surface area contributed by atoms with Crippen LogP contribution in [0, 0.1) is 11.3 Å². The normalized spacial score (nSPS) is 11.0. The number of thioether (sulfide) groups is 1. The standard InChI is InChI=1S/C16H19N5OS/c1-16(2,11-17)18-13(22)9-10-23-15-20-19-14(21(15)3)12-7-5-4-6-8-12/h4-8H,9-10H2,1-3H3,(H,18,22). The number of amides is 1. The maximum atomic E-state index is 11.8. The van der Waals surface area contributed by atoms with Gasteiger partial charge in [0.05, 0.1) is 6.07 Å². The van der Waals surface area contributed by atoms with Gasteiger partial charge in [0.15, 0.2) is 11.0 Å². The molecule has 0 bridgehead atoms. The van der Waals surface area contributed by atoms with Crippen LogP contribution in [0.15, 0.2) is 35.5 Å². The van der Waals surface area contributed by atoms with Gasteiger partial charge in [0, 0.05) is 24.8 Å². The molecule has 1 N–H and O–H groups in total. The average molecular weight is 329 g/mol. The molecule has 1 heterocycles. The highest BCUT2D eigenvalue weighted by Crippen LogP contribution is 2.22. The molecule has 1 aromatic carbocycles. The summed E-state index contributed by atoms with van der Waals surface area (Å²) in [5.74, 6) is 1.23. The van der Waals surface area contributed by atoms with Crippen molar-refractivity contribution in [3.05, 3.63) is 30.3 Å². The van der Waals surface area contributed by atoms with Gasteiger partial charge >= 0.3 is 0 Å². The van der Waals surface area contributed by atoms with Gasteiger partial charge in [0.1, 0.15) is 5.54 Å². The van der Waals surface area contributed by atoms with E-state index in [1.807, 2.05) is 48.0 Å². The summed E-state index contributed by atoms with van der Waals surface area (Å²) in [6.45, 7) is 3.35. The number of carbonyl (C=O) groups is 1. The third-order valence-electron chi connectivity index (χ3n) is 3.16. The van der Waals surface area contributed by atoms with E-state index in [2.05, 4.69) is 15.5 Å². The molecule has 0 saturated heterocycles. The Kier molecular flexibility index (Phi) is 5.40. The Hall–Kier alpha value is -2.33. The second kappa shape index (κ2) is 7.29. The van der Waals surface area contributed by atoms with E-state index >= 15 is 0 Å². The van der Waals surface area contributed by atoms with Gasteiger partial charge < -0.3 is 9.88 Å². The Morgan fingerprint density at radius 3 is 2.70 bits per heavy atom. The Morgan fingerprint density at radius 2 is 2.04 bits per heavy atom. The summed E-state index contributed by atoms with van der Waals surface area (Å²) >= 11 is 1.47. The molecule has 23 heavy (non-hydrogen) atoms. The minimum Gasteiger partial charge on any atom is -0.338 e. The lowest BCUT2D eigenvalue weighted by Gasteiger charge is -2.17. The molecule has 1 amide bonds. The molecule has 0 aliphatic carbocycles. The van der Waals surface area contributed by atoms with Crippen molar-refractivity contribution in [2.45, 2.75) is 31.0 Å². The van der Waals surface area contributed by atoms with Gasteiger partial charge in [-0.25, -0.2) is 0 Å². The van der Waals surface area contributed by atoms with Crippen molar-refractivity contribution in [2.24, 2.45) is 7.05 Å². The number of hydrogen-bond donors (Lipinski definition) is 1. The minimum absolute atomic E-state index is 0.144. The highest BCUT2D eigenvalue weighted by atomic mass is 32.2. The molecule has 2 aromatic rings. The Balaban J connectivity index is 1.92. The van der Waals surface area contributed by atoms with E-state index < -0.39 is 5.54 Å². The third-order valence-corrected chi connectivity index (χ3v) is 4.18. The smallest absolute Gasteiger partial charge is 0.222 e. The maximum absolute atomic E-state index is 11.8. The topological polar surface area (TPSA) is 83.6 Å². The zero-order valence-electron chi connectivity index (χ0n) is 13.4. The van der Waals surface area contributed by atoms with E-state index in [1.54, 1.807) is 13.8 Å². The number of hydrogen-bond acceptors (Lipinski definition) is 5. The molecule has 0 spiro atoms. The quantitative estimate of drug-likeness (QED) is 0.823. The fourth-order valence-electron chi connectivity index (χ4n) is 1.95. The number of nitriles is 1. The molecule has 0 atom stereocenters. The Labute approximate surface area is 139 Å². The largest absolute Gasteiger partial charge is 0.338 e. The molecule has 7 heteroatoms. The van der Waals surface area contributed by atoms with E-state index in [9.17, 15) is 4.79 Å². The van der Waals surface area contributed by atoms with Crippen LogP contribution in [-0.4, -0.2) is 32.0 Å². The second-order valence-electron chi connectivity index (χ2n) is 5.61. The molecule has 2 rings (SSSR count). The van der Waals surface area contributed by atoms with Crippen LogP contribution in [0.1, 0.15) is 20.3 Å². The number of benzene rings is 1. The van der Waals surface area contributed by atoms with Crippen molar-refractivity contribution in [1.29, 1.82) is 5.26 Å². The fourth-order valence-corrected chi connectivity index (χ4v) is 2.80. The second-order valence-corrected chi connectivity index (χ2v) is 6.68. The van der Waals surface area contributed by atoms with Gasteiger partial charge in [0.2, 0.25) is 5.91 Å². The molecule has 0 unspecified atom stereocenters. The van der Waals surface area contributed by atoms with E-state index in [1.165, 1.54) is 11.8 Å². The van der Waals surface area contributed by atoms with Crippen LogP contribution < -0.4 is 5.32 Å². The van der Waals surface area contributed by atoms with Crippen molar-refractivity contribution in [1.82, 2.24) is 20.1 Å². The first-order valence-corrected chi connectivity index (χ1v) is 8.21. The summed E-state index contributed by atoms with van der Waals surface area (Å²) in [5, 5.41) is 20.7. The van der Waals surface area contributed by atoms with Crippen LogP contribution >= 0.6 is 11.8 Å². The first-order valence-electron chi connectivity index (χ1n) is 7.23. The number of rotatable bonds is 6. The van der Waals surface area contributed by atoms with Crippen molar-refractivity contribution in [2.75, 3.05) is 5.75 Å². The van der Waals surface area contributed by atoms with Crippen molar-refractivity contribution in [3.8, 4) is 17.5 Å². The molecular formula is C16H19N5OS. The van der Waals surface area contributed by atoms with Gasteiger partial charge in [-0.2, -0.15) is 5.26 Å². The molecule has 6 nitrogen and oxygen atoms in total. The number of carbonyl (C=O) groups excluding carboxylic acids is 1. The van der Waals surface area contributed by atoms with Crippen LogP contribution in [0.4, 0.5) is 0 Å². The minimum atomic E-state index is -0.840. The highest BCUT2D eigenvalue weighted by molar-refractivity contribution is 7.99. The number of nitrogens with one attached hydrogen (secondary N) is 1. The van der Waals surface area contributed by atoms with Gasteiger partial charge in [-0.15, -0.1) is 10.2 Å². The molecule has 0 fully saturated rings. The molecule has 0 aliphatic rings. The predicted octanol–water partition coefficient (Wildman–Crippen LogP) is 2.38. The maximum Gasteiger partial charge on any atom is 0.222 e. The predicted molar refractivity (Wildman–Crippen MR) is 89.6 cm³/mol. The molecule has 0 radical (unpaired) electrons. The van der Waals surface area contributed by atoms with Gasteiger partial charge in [-0.3, -0.25) is 4.79 Å². The molecule has 120 valence electrons. The van der Waals surface area contributed by atoms with Gasteiger partial charge in [-0.05, 0) is 13.8 Å². The molecular weight excluding hydrogens is 310 g/mol. The fraction of sp³-hybridized carbons (Fsp3) is 0.375. The Morgan fingerprint density at radius 1 is 1.35 bits per heavy atom. The van der Waals surface area contributed by atoms with Crippen molar-refractivity contribution < 1.29 is 4.79 Å². The number of nitrogens with zero attached hydrogens (tertiary/aromatic N) is 4. The number of aromatic nitrogens is 3. The summed E-state index contributed by atoms with van der Waals surface area (Å²) in [6.07, 6.45) is 0.323. The van der Waals surface area contributed by atoms with Crippen LogP contribution in [-0.2, 0) is 11.8 Å². The summed E-state index contributed by atoms with van der Waals surface area (Å²) in [7, 11) is 1.91. The van der Waals surface area contributed by atoms with Crippen LogP contribution in [0.25, 0.3) is 11.4 Å². The summed E-state index contributed by atoms with van der Waals surface area (Å²) < 4.78 is 1.91. The highest BCUT2D eigenvalue weighted by Gasteiger charge is 2.19. The van der Waals surface area contributed by atoms with E-state index in [0.29, 0.717) is 12.2 Å². The van der Waals surface area contributed by atoms with E-state index in [4.69, 9.17) is 5.26 Å². The molecule has 0 aliphatic heterocycles. The van der Waals surface area contributed by atoms with Crippen LogP contribution in [0.2, 0.25) is 0 Å². The molecule has 0 saturated carbocycles. The SMILES string of the molecule is Cn1c(SCCC(=O)NC(C)(C)C#N)nnc1-c1ccccc1. The summed E-state index contributed by atoms with van der Waals surface area (Å²) in [6, 6.07) is 11.9. The first kappa shape index (κ1) is 17.0. The van der Waals surface area contributed by atoms with Crippen molar-refractivity contribution in [3.63, 3.8) is 0 Å².